The first kappa shape index (κ1) is 22.0. The predicted molar refractivity (Wildman–Crippen MR) is 125 cm³/mol. The molecule has 10 heteroatoms. The molecule has 2 N–H and O–H groups in total. The SMILES string of the molecule is O=C(NCCN1C(=O)S/C(=C\c2ccc3c(c2)OCO3)C1=O)c1cccc(NC(=O)C2CC2)c1. The first-order chi connectivity index (χ1) is 16.5. The van der Waals surface area contributed by atoms with E-state index in [9.17, 15) is 19.2 Å². The highest BCUT2D eigenvalue weighted by Gasteiger charge is 2.35. The molecule has 0 spiro atoms. The van der Waals surface area contributed by atoms with Crippen molar-refractivity contribution in [2.45, 2.75) is 12.8 Å². The quantitative estimate of drug-likeness (QED) is 0.586. The zero-order valence-electron chi connectivity index (χ0n) is 18.0. The Kier molecular flexibility index (Phi) is 5.97. The van der Waals surface area contributed by atoms with Gasteiger partial charge in [-0.05, 0) is 66.6 Å². The van der Waals surface area contributed by atoms with E-state index >= 15 is 0 Å². The van der Waals surface area contributed by atoms with Crippen LogP contribution in [-0.2, 0) is 9.59 Å². The van der Waals surface area contributed by atoms with E-state index in [0.717, 1.165) is 35.1 Å². The van der Waals surface area contributed by atoms with Crippen molar-refractivity contribution in [1.82, 2.24) is 10.2 Å². The monoisotopic (exact) mass is 479 g/mol. The van der Waals surface area contributed by atoms with Crippen molar-refractivity contribution in [1.29, 1.82) is 0 Å². The van der Waals surface area contributed by atoms with Gasteiger partial charge in [0.15, 0.2) is 11.5 Å². The molecule has 2 aromatic carbocycles. The number of hydrogen-bond acceptors (Lipinski definition) is 7. The van der Waals surface area contributed by atoms with Crippen LogP contribution in [0, 0.1) is 5.92 Å². The molecule has 2 fully saturated rings. The van der Waals surface area contributed by atoms with Gasteiger partial charge in [-0.3, -0.25) is 24.1 Å². The second-order valence-electron chi connectivity index (χ2n) is 8.05. The maximum atomic E-state index is 12.7. The van der Waals surface area contributed by atoms with Crippen LogP contribution in [0.4, 0.5) is 10.5 Å². The molecule has 1 saturated carbocycles. The van der Waals surface area contributed by atoms with Crippen molar-refractivity contribution in [2.75, 3.05) is 25.2 Å². The van der Waals surface area contributed by atoms with Crippen molar-refractivity contribution in [3.8, 4) is 11.5 Å². The van der Waals surface area contributed by atoms with Crippen LogP contribution in [0.2, 0.25) is 0 Å². The largest absolute Gasteiger partial charge is 0.454 e. The molecule has 3 aliphatic rings. The average molecular weight is 480 g/mol. The lowest BCUT2D eigenvalue weighted by atomic mass is 10.2. The first-order valence-electron chi connectivity index (χ1n) is 10.8. The smallest absolute Gasteiger partial charge is 0.293 e. The van der Waals surface area contributed by atoms with Crippen molar-refractivity contribution < 1.29 is 28.7 Å². The topological polar surface area (TPSA) is 114 Å². The zero-order chi connectivity index (χ0) is 23.7. The number of benzene rings is 2. The van der Waals surface area contributed by atoms with Gasteiger partial charge in [0.05, 0.1) is 4.91 Å². The summed E-state index contributed by atoms with van der Waals surface area (Å²) in [6.07, 6.45) is 3.42. The number of anilines is 1. The lowest BCUT2D eigenvalue weighted by Crippen LogP contribution is -2.37. The number of imide groups is 1. The van der Waals surface area contributed by atoms with Crippen molar-refractivity contribution in [3.05, 3.63) is 58.5 Å². The molecule has 4 amide bonds. The second-order valence-corrected chi connectivity index (χ2v) is 9.04. The molecule has 0 atom stereocenters. The van der Waals surface area contributed by atoms with Gasteiger partial charge in [-0.2, -0.15) is 0 Å². The number of thioether (sulfide) groups is 1. The van der Waals surface area contributed by atoms with Crippen LogP contribution in [0.5, 0.6) is 11.5 Å². The number of carbonyl (C=O) groups excluding carboxylic acids is 4. The Hall–Kier alpha value is -3.79. The van der Waals surface area contributed by atoms with E-state index in [2.05, 4.69) is 10.6 Å². The molecule has 0 radical (unpaired) electrons. The van der Waals surface area contributed by atoms with Gasteiger partial charge in [0.1, 0.15) is 0 Å². The Balaban J connectivity index is 1.16. The van der Waals surface area contributed by atoms with Crippen LogP contribution in [0.15, 0.2) is 47.4 Å². The van der Waals surface area contributed by atoms with Gasteiger partial charge in [0.2, 0.25) is 12.7 Å². The molecule has 0 bridgehead atoms. The third-order valence-electron chi connectivity index (χ3n) is 5.53. The first-order valence-corrected chi connectivity index (χ1v) is 11.6. The summed E-state index contributed by atoms with van der Waals surface area (Å²) < 4.78 is 10.6. The Morgan fingerprint density at radius 1 is 1.09 bits per heavy atom. The Morgan fingerprint density at radius 2 is 1.91 bits per heavy atom. The highest BCUT2D eigenvalue weighted by atomic mass is 32.2. The molecule has 34 heavy (non-hydrogen) atoms. The van der Waals surface area contributed by atoms with E-state index in [1.54, 1.807) is 48.5 Å². The van der Waals surface area contributed by atoms with Crippen LogP contribution in [0.1, 0.15) is 28.8 Å². The molecule has 1 saturated heterocycles. The van der Waals surface area contributed by atoms with Crippen molar-refractivity contribution in [3.63, 3.8) is 0 Å². The van der Waals surface area contributed by atoms with Crippen molar-refractivity contribution in [2.24, 2.45) is 5.92 Å². The molecule has 1 aliphatic carbocycles. The molecule has 174 valence electrons. The van der Waals surface area contributed by atoms with Gasteiger partial charge in [0.25, 0.3) is 17.1 Å². The van der Waals surface area contributed by atoms with Gasteiger partial charge < -0.3 is 20.1 Å². The Labute approximate surface area is 199 Å². The van der Waals surface area contributed by atoms with Crippen LogP contribution in [-0.4, -0.2) is 47.7 Å². The predicted octanol–water partition coefficient (Wildman–Crippen LogP) is 3.23. The molecular formula is C24H21N3O6S. The highest BCUT2D eigenvalue weighted by Crippen LogP contribution is 2.36. The summed E-state index contributed by atoms with van der Waals surface area (Å²) in [7, 11) is 0. The van der Waals surface area contributed by atoms with Crippen LogP contribution < -0.4 is 20.1 Å². The van der Waals surface area contributed by atoms with Gasteiger partial charge in [-0.15, -0.1) is 0 Å². The number of hydrogen-bond donors (Lipinski definition) is 2. The summed E-state index contributed by atoms with van der Waals surface area (Å²) in [4.78, 5) is 50.9. The number of nitrogens with zero attached hydrogens (tertiary/aromatic N) is 1. The lowest BCUT2D eigenvalue weighted by Gasteiger charge is -2.13. The number of fused-ring (bicyclic) bond motifs is 1. The lowest BCUT2D eigenvalue weighted by molar-refractivity contribution is -0.122. The highest BCUT2D eigenvalue weighted by molar-refractivity contribution is 8.18. The van der Waals surface area contributed by atoms with Gasteiger partial charge in [-0.1, -0.05) is 12.1 Å². The third-order valence-corrected chi connectivity index (χ3v) is 6.44. The van der Waals surface area contributed by atoms with E-state index in [4.69, 9.17) is 9.47 Å². The molecule has 5 rings (SSSR count). The van der Waals surface area contributed by atoms with Crippen LogP contribution >= 0.6 is 11.8 Å². The summed E-state index contributed by atoms with van der Waals surface area (Å²) in [6.45, 7) is 0.306. The molecule has 0 aromatic heterocycles. The number of ether oxygens (including phenoxy) is 2. The second kappa shape index (κ2) is 9.22. The molecule has 2 heterocycles. The summed E-state index contributed by atoms with van der Waals surface area (Å²) >= 11 is 0.854. The molecular weight excluding hydrogens is 458 g/mol. The average Bonchev–Trinajstić information content (AvgIpc) is 3.53. The molecule has 9 nitrogen and oxygen atoms in total. The van der Waals surface area contributed by atoms with Gasteiger partial charge in [0, 0.05) is 30.3 Å². The van der Waals surface area contributed by atoms with Crippen LogP contribution in [0.3, 0.4) is 0 Å². The van der Waals surface area contributed by atoms with E-state index in [-0.39, 0.29) is 37.6 Å². The minimum absolute atomic E-state index is 0.0364. The Bertz CT molecular complexity index is 1220. The Morgan fingerprint density at radius 3 is 2.74 bits per heavy atom. The summed E-state index contributed by atoms with van der Waals surface area (Å²) in [5.74, 6) is 0.487. The maximum Gasteiger partial charge on any atom is 0.293 e. The van der Waals surface area contributed by atoms with Crippen LogP contribution in [0.25, 0.3) is 6.08 Å². The van der Waals surface area contributed by atoms with Gasteiger partial charge >= 0.3 is 0 Å². The summed E-state index contributed by atoms with van der Waals surface area (Å²) in [5.41, 5.74) is 1.66. The number of carbonyl (C=O) groups is 4. The maximum absolute atomic E-state index is 12.7. The number of rotatable bonds is 7. The summed E-state index contributed by atoms with van der Waals surface area (Å²) in [6, 6.07) is 11.9. The summed E-state index contributed by atoms with van der Waals surface area (Å²) in [5, 5.41) is 5.14. The van der Waals surface area contributed by atoms with E-state index in [0.29, 0.717) is 27.7 Å². The normalized spacial score (nSPS) is 17.9. The minimum atomic E-state index is -0.410. The van der Waals surface area contributed by atoms with E-state index in [1.165, 1.54) is 0 Å². The molecule has 2 aliphatic heterocycles. The molecule has 0 unspecified atom stereocenters. The van der Waals surface area contributed by atoms with E-state index in [1.807, 2.05) is 0 Å². The van der Waals surface area contributed by atoms with Crippen molar-refractivity contribution >= 4 is 46.5 Å². The minimum Gasteiger partial charge on any atom is -0.454 e. The molecule has 2 aromatic rings. The fourth-order valence-electron chi connectivity index (χ4n) is 3.56. The number of nitrogens with one attached hydrogen (secondary N) is 2. The fourth-order valence-corrected chi connectivity index (χ4v) is 4.42. The zero-order valence-corrected chi connectivity index (χ0v) is 18.9. The van der Waals surface area contributed by atoms with Gasteiger partial charge in [-0.25, -0.2) is 0 Å². The van der Waals surface area contributed by atoms with E-state index < -0.39 is 11.1 Å². The standard InChI is InChI=1S/C24H21N3O6S/c28-21(16-2-1-3-17(12-16)26-22(29)15-5-6-15)25-8-9-27-23(30)20(34-24(27)31)11-14-4-7-18-19(10-14)33-13-32-18/h1-4,7,10-12,15H,5-6,8-9,13H2,(H,25,28)(H,26,29)/b20-11-. The number of amides is 4. The fraction of sp³-hybridized carbons (Fsp3) is 0.250. The third kappa shape index (κ3) is 4.76.